The highest BCUT2D eigenvalue weighted by Gasteiger charge is 2.40. The van der Waals surface area contributed by atoms with Gasteiger partial charge >= 0.3 is 6.03 Å². The first-order valence-electron chi connectivity index (χ1n) is 10.3. The van der Waals surface area contributed by atoms with E-state index in [-0.39, 0.29) is 12.1 Å². The number of carbonyl (C=O) groups is 1. The number of urea groups is 1. The van der Waals surface area contributed by atoms with Gasteiger partial charge in [0.25, 0.3) is 5.88 Å². The van der Waals surface area contributed by atoms with Crippen LogP contribution in [-0.4, -0.2) is 40.6 Å². The van der Waals surface area contributed by atoms with E-state index in [1.807, 2.05) is 12.1 Å². The molecule has 1 aromatic heterocycles. The second-order valence-electron chi connectivity index (χ2n) is 8.20. The van der Waals surface area contributed by atoms with Crippen molar-refractivity contribution in [1.29, 1.82) is 0 Å². The lowest BCUT2D eigenvalue weighted by atomic mass is 9.96. The lowest BCUT2D eigenvalue weighted by Gasteiger charge is -2.39. The molecule has 4 heterocycles. The van der Waals surface area contributed by atoms with Gasteiger partial charge in [-0.3, -0.25) is 4.90 Å². The van der Waals surface area contributed by atoms with Crippen LogP contribution in [0.2, 0.25) is 0 Å². The third-order valence-electron chi connectivity index (χ3n) is 6.33. The first-order valence-corrected chi connectivity index (χ1v) is 10.3. The summed E-state index contributed by atoms with van der Waals surface area (Å²) in [6.07, 6.45) is 5.93. The second kappa shape index (κ2) is 7.55. The molecule has 0 saturated carbocycles. The Morgan fingerprint density at radius 3 is 2.66 bits per heavy atom. The second-order valence-corrected chi connectivity index (χ2v) is 8.20. The van der Waals surface area contributed by atoms with Crippen molar-refractivity contribution in [2.24, 2.45) is 5.73 Å². The molecule has 2 aromatic rings. The number of carbonyl (C=O) groups excluding carboxylic acids is 1. The van der Waals surface area contributed by atoms with Crippen molar-refractivity contribution in [1.82, 2.24) is 15.2 Å². The highest BCUT2D eigenvalue weighted by atomic mass is 16.6. The summed E-state index contributed by atoms with van der Waals surface area (Å²) in [4.78, 5) is 18.0. The van der Waals surface area contributed by atoms with E-state index in [1.165, 1.54) is 18.4 Å². The minimum absolute atomic E-state index is 0.141. The minimum Gasteiger partial charge on any atom is -0.484 e. The summed E-state index contributed by atoms with van der Waals surface area (Å²) >= 11 is 0. The van der Waals surface area contributed by atoms with E-state index < -0.39 is 6.03 Å². The van der Waals surface area contributed by atoms with E-state index in [1.54, 1.807) is 6.20 Å². The SMILES string of the molecule is NC(=O)N[C@@H]1CC2CC[C@@H](C1)N2Cc1ccc([C@H]2COc3cccnc3O2)cc1. The van der Waals surface area contributed by atoms with Gasteiger partial charge in [0.05, 0.1) is 0 Å². The molecule has 2 bridgehead atoms. The fraction of sp³-hybridized carbons (Fsp3) is 0.455. The lowest BCUT2D eigenvalue weighted by Crippen LogP contribution is -2.51. The number of ether oxygens (including phenoxy) is 2. The Balaban J connectivity index is 1.22. The zero-order valence-electron chi connectivity index (χ0n) is 16.3. The van der Waals surface area contributed by atoms with Crippen molar-refractivity contribution >= 4 is 6.03 Å². The first-order chi connectivity index (χ1) is 14.2. The number of rotatable bonds is 4. The fourth-order valence-corrected chi connectivity index (χ4v) is 4.97. The number of nitrogens with two attached hydrogens (primary N) is 1. The maximum Gasteiger partial charge on any atom is 0.312 e. The van der Waals surface area contributed by atoms with Crippen LogP contribution in [0.1, 0.15) is 42.9 Å². The number of fused-ring (bicyclic) bond motifs is 3. The van der Waals surface area contributed by atoms with Crippen molar-refractivity contribution in [3.8, 4) is 11.6 Å². The number of nitrogens with one attached hydrogen (secondary N) is 1. The smallest absolute Gasteiger partial charge is 0.312 e. The van der Waals surface area contributed by atoms with Gasteiger partial charge in [0.1, 0.15) is 6.61 Å². The summed E-state index contributed by atoms with van der Waals surface area (Å²) in [5.74, 6) is 1.25. The Hall–Kier alpha value is -2.80. The number of amides is 2. The molecule has 2 amide bonds. The summed E-state index contributed by atoms with van der Waals surface area (Å²) in [5, 5.41) is 2.90. The molecule has 152 valence electrons. The number of nitrogens with zero attached hydrogens (tertiary/aromatic N) is 2. The maximum atomic E-state index is 11.2. The monoisotopic (exact) mass is 394 g/mol. The van der Waals surface area contributed by atoms with Gasteiger partial charge in [-0.1, -0.05) is 24.3 Å². The number of pyridine rings is 1. The Morgan fingerprint density at radius 1 is 1.17 bits per heavy atom. The molecule has 3 N–H and O–H groups in total. The molecule has 7 heteroatoms. The highest BCUT2D eigenvalue weighted by molar-refractivity contribution is 5.72. The van der Waals surface area contributed by atoms with Crippen molar-refractivity contribution in [3.05, 3.63) is 53.7 Å². The summed E-state index contributed by atoms with van der Waals surface area (Å²) in [6.45, 7) is 1.42. The minimum atomic E-state index is -0.412. The molecule has 0 spiro atoms. The normalized spacial score (nSPS) is 28.1. The largest absolute Gasteiger partial charge is 0.484 e. The van der Waals surface area contributed by atoms with Gasteiger partial charge in [-0.15, -0.1) is 0 Å². The van der Waals surface area contributed by atoms with Crippen LogP contribution in [0.25, 0.3) is 0 Å². The van der Waals surface area contributed by atoms with Crippen molar-refractivity contribution in [3.63, 3.8) is 0 Å². The molecule has 5 rings (SSSR count). The van der Waals surface area contributed by atoms with Crippen LogP contribution in [0.15, 0.2) is 42.6 Å². The van der Waals surface area contributed by atoms with Crippen LogP contribution in [0.3, 0.4) is 0 Å². The van der Waals surface area contributed by atoms with E-state index in [4.69, 9.17) is 15.2 Å². The fourth-order valence-electron chi connectivity index (χ4n) is 4.97. The topological polar surface area (TPSA) is 89.7 Å². The average Bonchev–Trinajstić information content (AvgIpc) is 2.95. The zero-order chi connectivity index (χ0) is 19.8. The molecule has 3 aliphatic heterocycles. The van der Waals surface area contributed by atoms with E-state index in [0.29, 0.717) is 30.3 Å². The highest BCUT2D eigenvalue weighted by Crippen LogP contribution is 2.37. The van der Waals surface area contributed by atoms with Gasteiger partial charge in [0.2, 0.25) is 0 Å². The quantitative estimate of drug-likeness (QED) is 0.832. The third-order valence-corrected chi connectivity index (χ3v) is 6.33. The third kappa shape index (κ3) is 3.74. The van der Waals surface area contributed by atoms with Gasteiger partial charge in [-0.25, -0.2) is 9.78 Å². The van der Waals surface area contributed by atoms with Crippen molar-refractivity contribution in [2.45, 2.75) is 56.5 Å². The van der Waals surface area contributed by atoms with Gasteiger partial charge in [0, 0.05) is 30.9 Å². The van der Waals surface area contributed by atoms with Crippen LogP contribution < -0.4 is 20.5 Å². The van der Waals surface area contributed by atoms with Crippen LogP contribution in [0, 0.1) is 0 Å². The molecule has 29 heavy (non-hydrogen) atoms. The number of primary amides is 1. The number of benzene rings is 1. The Morgan fingerprint density at radius 2 is 1.93 bits per heavy atom. The molecule has 0 radical (unpaired) electrons. The number of aromatic nitrogens is 1. The van der Waals surface area contributed by atoms with E-state index in [9.17, 15) is 4.79 Å². The van der Waals surface area contributed by atoms with Crippen LogP contribution in [-0.2, 0) is 6.54 Å². The Kier molecular flexibility index (Phi) is 4.75. The Labute approximate surface area is 170 Å². The molecule has 1 aromatic carbocycles. The Bertz CT molecular complexity index is 874. The lowest BCUT2D eigenvalue weighted by molar-refractivity contribution is 0.0850. The zero-order valence-corrected chi connectivity index (χ0v) is 16.3. The molecule has 4 atom stereocenters. The predicted molar refractivity (Wildman–Crippen MR) is 108 cm³/mol. The molecule has 3 aliphatic rings. The van der Waals surface area contributed by atoms with Crippen LogP contribution in [0.5, 0.6) is 11.6 Å². The number of hydrogen-bond acceptors (Lipinski definition) is 5. The first kappa shape index (κ1) is 18.2. The molecular weight excluding hydrogens is 368 g/mol. The summed E-state index contributed by atoms with van der Waals surface area (Å²) in [6, 6.07) is 13.2. The number of piperidine rings is 1. The van der Waals surface area contributed by atoms with Gasteiger partial charge in [-0.2, -0.15) is 0 Å². The molecule has 2 saturated heterocycles. The van der Waals surface area contributed by atoms with Gasteiger partial charge in [0.15, 0.2) is 11.9 Å². The standard InChI is InChI=1S/C22H26N4O3/c23-22(27)25-16-10-17-7-8-18(11-16)26(17)12-14-3-5-15(6-4-14)20-13-28-19-2-1-9-24-21(19)29-20/h1-6,9,16-18,20H,7-8,10-13H2,(H3,23,25,27)/t16-,17-,18?,20+/m0/s1. The van der Waals surface area contributed by atoms with Crippen molar-refractivity contribution < 1.29 is 14.3 Å². The summed E-state index contributed by atoms with van der Waals surface area (Å²) < 4.78 is 11.8. The maximum absolute atomic E-state index is 11.2. The van der Waals surface area contributed by atoms with E-state index in [2.05, 4.69) is 39.5 Å². The van der Waals surface area contributed by atoms with Crippen LogP contribution >= 0.6 is 0 Å². The molecule has 2 fully saturated rings. The van der Waals surface area contributed by atoms with E-state index >= 15 is 0 Å². The molecule has 0 aliphatic carbocycles. The average molecular weight is 394 g/mol. The summed E-state index contributed by atoms with van der Waals surface area (Å²) in [5.41, 5.74) is 7.70. The molecule has 7 nitrogen and oxygen atoms in total. The molecule has 1 unspecified atom stereocenters. The predicted octanol–water partition coefficient (Wildman–Crippen LogP) is 2.76. The van der Waals surface area contributed by atoms with Crippen molar-refractivity contribution in [2.75, 3.05) is 6.61 Å². The van der Waals surface area contributed by atoms with E-state index in [0.717, 1.165) is 24.9 Å². The summed E-state index contributed by atoms with van der Waals surface area (Å²) in [7, 11) is 0. The van der Waals surface area contributed by atoms with Gasteiger partial charge < -0.3 is 20.5 Å². The van der Waals surface area contributed by atoms with Gasteiger partial charge in [-0.05, 0) is 48.9 Å². The number of hydrogen-bond donors (Lipinski definition) is 2. The van der Waals surface area contributed by atoms with Crippen LogP contribution in [0.4, 0.5) is 4.79 Å². The molecular formula is C22H26N4O3.